The lowest BCUT2D eigenvalue weighted by molar-refractivity contribution is -0.138. The third kappa shape index (κ3) is 10.5. The normalized spacial score (nSPS) is 20.1. The van der Waals surface area contributed by atoms with Crippen molar-refractivity contribution < 1.29 is 9.59 Å². The van der Waals surface area contributed by atoms with E-state index in [4.69, 9.17) is 0 Å². The van der Waals surface area contributed by atoms with Crippen LogP contribution in [0.15, 0.2) is 60.9 Å². The summed E-state index contributed by atoms with van der Waals surface area (Å²) in [5.41, 5.74) is 4.26. The summed E-state index contributed by atoms with van der Waals surface area (Å²) < 4.78 is 0. The lowest BCUT2D eigenvalue weighted by atomic mass is 10.1. The molecule has 3 aromatic rings. The van der Waals surface area contributed by atoms with Crippen molar-refractivity contribution in [3.63, 3.8) is 0 Å². The molecule has 11 heteroatoms. The fourth-order valence-electron chi connectivity index (χ4n) is 5.97. The Hall–Kier alpha value is -4.06. The summed E-state index contributed by atoms with van der Waals surface area (Å²) >= 11 is 0. The Bertz CT molecular complexity index is 1420. The molecule has 0 saturated carbocycles. The number of unbranched alkanes of at least 4 members (excludes halogenated alkanes) is 1. The van der Waals surface area contributed by atoms with Crippen LogP contribution in [-0.4, -0.2) is 95.9 Å². The number of benzene rings is 2. The molecule has 0 radical (unpaired) electrons. The molecular weight excluding hydrogens is 578 g/mol. The van der Waals surface area contributed by atoms with Gasteiger partial charge in [-0.3, -0.25) is 14.5 Å². The lowest BCUT2D eigenvalue weighted by Crippen LogP contribution is -2.54. The van der Waals surface area contributed by atoms with E-state index < -0.39 is 6.04 Å². The van der Waals surface area contributed by atoms with Crippen LogP contribution in [0.5, 0.6) is 0 Å². The van der Waals surface area contributed by atoms with Crippen molar-refractivity contribution in [1.29, 1.82) is 0 Å². The quantitative estimate of drug-likeness (QED) is 0.310. The lowest BCUT2D eigenvalue weighted by Gasteiger charge is -2.36. The topological polar surface area (TPSA) is 118 Å². The van der Waals surface area contributed by atoms with Crippen LogP contribution in [0.4, 0.5) is 23.0 Å². The number of hydrogen-bond acceptors (Lipinski definition) is 9. The second kappa shape index (κ2) is 17.0. The predicted octanol–water partition coefficient (Wildman–Crippen LogP) is 4.10. The largest absolute Gasteiger partial charge is 0.344 e. The highest BCUT2D eigenvalue weighted by molar-refractivity contribution is 5.87. The zero-order chi connectivity index (χ0) is 32.1. The molecule has 0 spiro atoms. The molecule has 11 nitrogen and oxygen atoms in total. The number of carbonyl (C=O) groups is 2. The molecule has 4 heterocycles. The number of anilines is 4. The van der Waals surface area contributed by atoms with Crippen molar-refractivity contribution >= 4 is 34.8 Å². The van der Waals surface area contributed by atoms with Gasteiger partial charge in [0.05, 0.1) is 0 Å². The van der Waals surface area contributed by atoms with Gasteiger partial charge >= 0.3 is 0 Å². The van der Waals surface area contributed by atoms with E-state index in [1.54, 1.807) is 6.33 Å². The first-order valence-electron chi connectivity index (χ1n) is 16.6. The van der Waals surface area contributed by atoms with Crippen molar-refractivity contribution in [2.75, 3.05) is 64.0 Å². The van der Waals surface area contributed by atoms with E-state index in [2.05, 4.69) is 85.5 Å². The molecule has 246 valence electrons. The summed E-state index contributed by atoms with van der Waals surface area (Å²) in [6.07, 6.45) is 6.20. The number of carbonyl (C=O) groups excluding carboxylic acids is 2. The molecule has 8 bridgehead atoms. The highest BCUT2D eigenvalue weighted by Gasteiger charge is 2.28. The minimum absolute atomic E-state index is 0.0359. The maximum absolute atomic E-state index is 13.7. The second-order valence-corrected chi connectivity index (χ2v) is 12.6. The summed E-state index contributed by atoms with van der Waals surface area (Å²) in [6.45, 7) is 6.20. The maximum Gasteiger partial charge on any atom is 0.245 e. The molecule has 46 heavy (non-hydrogen) atoms. The number of fused-ring (bicyclic) bond motifs is 11. The van der Waals surface area contributed by atoms with Gasteiger partial charge < -0.3 is 31.1 Å². The predicted molar refractivity (Wildman–Crippen MR) is 183 cm³/mol. The van der Waals surface area contributed by atoms with Crippen molar-refractivity contribution in [1.82, 2.24) is 35.3 Å². The first-order chi connectivity index (χ1) is 22.4. The Morgan fingerprint density at radius 2 is 1.54 bits per heavy atom. The van der Waals surface area contributed by atoms with Crippen LogP contribution in [0, 0.1) is 0 Å². The maximum atomic E-state index is 13.7. The Balaban J connectivity index is 1.28. The number of hydrogen-bond donors (Lipinski definition) is 4. The van der Waals surface area contributed by atoms with Crippen molar-refractivity contribution in [3.8, 4) is 0 Å². The summed E-state index contributed by atoms with van der Waals surface area (Å²) in [5.74, 6) is 1.44. The summed E-state index contributed by atoms with van der Waals surface area (Å²) in [4.78, 5) is 42.0. The van der Waals surface area contributed by atoms with E-state index in [1.807, 2.05) is 29.2 Å². The van der Waals surface area contributed by atoms with Gasteiger partial charge in [0, 0.05) is 63.1 Å². The SMILES string of the molecule is CN(C)CCCC[C@@H]1NC(=O)CCCCNCc2cccc(c2)Nc2cc(ncn2)Nc2cccc(c2)CN2CCN(CC2)C1=O. The summed E-state index contributed by atoms with van der Waals surface area (Å²) in [7, 11) is 4.12. The van der Waals surface area contributed by atoms with Gasteiger partial charge in [-0.05, 0) is 94.7 Å². The van der Waals surface area contributed by atoms with Crippen LogP contribution >= 0.6 is 0 Å². The molecule has 3 aliphatic heterocycles. The number of rotatable bonds is 5. The van der Waals surface area contributed by atoms with Gasteiger partial charge in [-0.25, -0.2) is 9.97 Å². The average molecular weight is 628 g/mol. The van der Waals surface area contributed by atoms with Gasteiger partial charge in [0.25, 0.3) is 0 Å². The zero-order valence-electron chi connectivity index (χ0n) is 27.3. The highest BCUT2D eigenvalue weighted by Crippen LogP contribution is 2.22. The van der Waals surface area contributed by atoms with Crippen molar-refractivity contribution in [2.24, 2.45) is 0 Å². The summed E-state index contributed by atoms with van der Waals surface area (Å²) in [6, 6.07) is 18.1. The molecule has 0 unspecified atom stereocenters. The first kappa shape index (κ1) is 33.3. The molecule has 2 aromatic carbocycles. The molecule has 0 aliphatic carbocycles. The summed E-state index contributed by atoms with van der Waals surface area (Å²) in [5, 5.41) is 13.4. The van der Waals surface area contributed by atoms with Crippen LogP contribution in [0.3, 0.4) is 0 Å². The average Bonchev–Trinajstić information content (AvgIpc) is 3.04. The van der Waals surface area contributed by atoms with E-state index in [0.717, 1.165) is 81.9 Å². The van der Waals surface area contributed by atoms with Crippen LogP contribution in [-0.2, 0) is 22.7 Å². The van der Waals surface area contributed by atoms with Gasteiger partial charge in [0.15, 0.2) is 0 Å². The van der Waals surface area contributed by atoms with Crippen molar-refractivity contribution in [2.45, 2.75) is 57.7 Å². The van der Waals surface area contributed by atoms with Gasteiger partial charge in [0.1, 0.15) is 24.0 Å². The van der Waals surface area contributed by atoms with E-state index in [0.29, 0.717) is 37.6 Å². The third-order valence-corrected chi connectivity index (χ3v) is 8.47. The number of nitrogens with one attached hydrogen (secondary N) is 4. The van der Waals surface area contributed by atoms with E-state index >= 15 is 0 Å². The van der Waals surface area contributed by atoms with Crippen LogP contribution in [0.25, 0.3) is 0 Å². The Kier molecular flexibility index (Phi) is 12.3. The van der Waals surface area contributed by atoms with Gasteiger partial charge in [-0.1, -0.05) is 24.3 Å². The smallest absolute Gasteiger partial charge is 0.245 e. The van der Waals surface area contributed by atoms with Crippen LogP contribution in [0.2, 0.25) is 0 Å². The molecule has 3 aliphatic rings. The number of nitrogens with zero attached hydrogens (tertiary/aromatic N) is 5. The molecule has 1 fully saturated rings. The van der Waals surface area contributed by atoms with Crippen LogP contribution in [0.1, 0.15) is 49.7 Å². The van der Waals surface area contributed by atoms with Gasteiger partial charge in [-0.2, -0.15) is 0 Å². The van der Waals surface area contributed by atoms with E-state index in [9.17, 15) is 9.59 Å². The van der Waals surface area contributed by atoms with Crippen molar-refractivity contribution in [3.05, 3.63) is 72.1 Å². The fourth-order valence-corrected chi connectivity index (χ4v) is 5.97. The molecular formula is C35H49N9O2. The van der Waals surface area contributed by atoms with Gasteiger partial charge in [-0.15, -0.1) is 0 Å². The molecule has 1 atom stereocenters. The highest BCUT2D eigenvalue weighted by atomic mass is 16.2. The van der Waals surface area contributed by atoms with E-state index in [-0.39, 0.29) is 11.8 Å². The number of amides is 2. The van der Waals surface area contributed by atoms with E-state index in [1.165, 1.54) is 5.56 Å². The Morgan fingerprint density at radius 3 is 2.26 bits per heavy atom. The zero-order valence-corrected chi connectivity index (χ0v) is 27.3. The second-order valence-electron chi connectivity index (χ2n) is 12.6. The monoisotopic (exact) mass is 627 g/mol. The Labute approximate surface area is 273 Å². The molecule has 1 saturated heterocycles. The first-order valence-corrected chi connectivity index (χ1v) is 16.6. The number of piperazine rings is 1. The minimum Gasteiger partial charge on any atom is -0.344 e. The minimum atomic E-state index is -0.469. The fraction of sp³-hybridized carbons (Fsp3) is 0.486. The van der Waals surface area contributed by atoms with Gasteiger partial charge in [0.2, 0.25) is 11.8 Å². The third-order valence-electron chi connectivity index (χ3n) is 8.47. The standard InChI is InChI=1S/C35H49N9O2/c1-42(2)16-6-4-13-31-35(46)44-19-17-43(18-20-44)25-28-10-8-12-30(22-28)40-33-23-32(37-26-38-33)39-29-11-7-9-27(21-29)24-36-15-5-3-14-34(45)41-31/h7-12,21-23,26,31,36H,3-6,13-20,24-25H2,1-2H3,(H,41,45)(H2,37,38,39,40)/t31-/m0/s1. The Morgan fingerprint density at radius 1 is 0.848 bits per heavy atom. The molecule has 4 N–H and O–H groups in total. The molecule has 6 rings (SSSR count). The van der Waals surface area contributed by atoms with Crippen LogP contribution < -0.4 is 21.3 Å². The molecule has 1 aromatic heterocycles. The molecule has 2 amide bonds. The number of aromatic nitrogens is 2.